The summed E-state index contributed by atoms with van der Waals surface area (Å²) in [7, 11) is 0. The Morgan fingerprint density at radius 2 is 1.88 bits per heavy atom. The van der Waals surface area contributed by atoms with Gasteiger partial charge in [0.2, 0.25) is 0 Å². The van der Waals surface area contributed by atoms with Crippen molar-refractivity contribution in [2.45, 2.75) is 84.0 Å². The Morgan fingerprint density at radius 3 is 2.45 bits per heavy atom. The first kappa shape index (κ1) is 23.6. The number of carbonyl (C=O) groups excluding carboxylic acids is 2. The van der Waals surface area contributed by atoms with Crippen molar-refractivity contribution in [3.8, 4) is 10.4 Å². The lowest BCUT2D eigenvalue weighted by molar-refractivity contribution is 0.0725. The van der Waals surface area contributed by atoms with Crippen LogP contribution in [0, 0.1) is 6.92 Å². The number of rotatable bonds is 8. The van der Waals surface area contributed by atoms with Crippen molar-refractivity contribution in [2.24, 2.45) is 0 Å². The predicted octanol–water partition coefficient (Wildman–Crippen LogP) is 3.60. The highest BCUT2D eigenvalue weighted by molar-refractivity contribution is 7.17. The highest BCUT2D eigenvalue weighted by atomic mass is 32.1. The molecule has 0 radical (unpaired) electrons. The number of hydrogen-bond donors (Lipinski definition) is 3. The summed E-state index contributed by atoms with van der Waals surface area (Å²) in [5.74, 6) is 0.309. The van der Waals surface area contributed by atoms with E-state index in [2.05, 4.69) is 34.4 Å². The van der Waals surface area contributed by atoms with E-state index >= 15 is 0 Å². The van der Waals surface area contributed by atoms with Gasteiger partial charge in [0, 0.05) is 35.9 Å². The molecular weight excluding hydrogens is 438 g/mol. The molecule has 178 valence electrons. The summed E-state index contributed by atoms with van der Waals surface area (Å²) in [6.07, 6.45) is 6.89. The molecule has 0 aromatic carbocycles. The second-order valence-electron chi connectivity index (χ2n) is 9.27. The van der Waals surface area contributed by atoms with E-state index in [0.717, 1.165) is 49.0 Å². The van der Waals surface area contributed by atoms with Crippen LogP contribution in [0.25, 0.3) is 10.4 Å². The molecule has 2 fully saturated rings. The van der Waals surface area contributed by atoms with Gasteiger partial charge in [-0.15, -0.1) is 11.3 Å². The van der Waals surface area contributed by atoms with Gasteiger partial charge in [-0.3, -0.25) is 9.59 Å². The number of aromatic nitrogens is 2. The number of thiazole rings is 1. The number of anilines is 1. The zero-order valence-electron chi connectivity index (χ0n) is 19.7. The molecule has 2 atom stereocenters. The third-order valence-corrected chi connectivity index (χ3v) is 7.81. The first-order valence-electron chi connectivity index (χ1n) is 11.8. The number of fused-ring (bicyclic) bond motifs is 2. The van der Waals surface area contributed by atoms with E-state index in [9.17, 15) is 14.7 Å². The normalized spacial score (nSPS) is 21.2. The molecule has 2 bridgehead atoms. The Hall–Kier alpha value is -2.52. The topological polar surface area (TPSA) is 107 Å². The minimum Gasteiger partial charge on any atom is -0.394 e. The van der Waals surface area contributed by atoms with Crippen LogP contribution in [0.5, 0.6) is 0 Å². The molecule has 0 saturated carbocycles. The van der Waals surface area contributed by atoms with Crippen molar-refractivity contribution in [2.75, 3.05) is 11.9 Å². The zero-order valence-corrected chi connectivity index (χ0v) is 20.5. The molecule has 33 heavy (non-hydrogen) atoms. The smallest absolute Gasteiger partial charge is 0.280 e. The number of carbonyl (C=O) groups is 2. The SMILES string of the molecule is CC[C@@H](C)Nc1cc(C)c(-c2sc(C(=O)N[C@H](C)CO)nc2C(=O)N2C3CCC2CC3)cn1. The summed E-state index contributed by atoms with van der Waals surface area (Å²) < 4.78 is 0. The fraction of sp³-hybridized carbons (Fsp3) is 0.583. The van der Waals surface area contributed by atoms with E-state index in [1.54, 1.807) is 13.1 Å². The van der Waals surface area contributed by atoms with Crippen molar-refractivity contribution >= 4 is 29.0 Å². The molecule has 8 nitrogen and oxygen atoms in total. The Labute approximate surface area is 198 Å². The molecule has 2 amide bonds. The molecule has 4 rings (SSSR count). The van der Waals surface area contributed by atoms with Gasteiger partial charge in [0.25, 0.3) is 11.8 Å². The number of amides is 2. The summed E-state index contributed by atoms with van der Waals surface area (Å²) in [6, 6.07) is 2.42. The lowest BCUT2D eigenvalue weighted by Gasteiger charge is -2.21. The molecule has 3 N–H and O–H groups in total. The first-order chi connectivity index (χ1) is 15.8. The Morgan fingerprint density at radius 1 is 1.21 bits per heavy atom. The third kappa shape index (κ3) is 4.75. The zero-order chi connectivity index (χ0) is 23.7. The average molecular weight is 472 g/mol. The van der Waals surface area contributed by atoms with Crippen LogP contribution in [0.1, 0.15) is 78.7 Å². The van der Waals surface area contributed by atoms with Crippen molar-refractivity contribution < 1.29 is 14.7 Å². The van der Waals surface area contributed by atoms with E-state index in [4.69, 9.17) is 0 Å². The summed E-state index contributed by atoms with van der Waals surface area (Å²) in [6.45, 7) is 7.76. The number of nitrogens with zero attached hydrogens (tertiary/aromatic N) is 3. The standard InChI is InChI=1S/C24H33N5O3S/c1-5-14(3)26-19-10-13(2)18(11-25-19)21-20(24(32)29-16-6-7-17(29)9-8-16)28-23(33-21)22(31)27-15(4)12-30/h10-11,14-17,30H,5-9,12H2,1-4H3,(H,25,26)(H,27,31)/t14-,15-,16?,17?/m1/s1. The van der Waals surface area contributed by atoms with E-state index in [-0.39, 0.29) is 35.5 Å². The van der Waals surface area contributed by atoms with Crippen LogP contribution in [0.15, 0.2) is 12.3 Å². The van der Waals surface area contributed by atoms with Gasteiger partial charge in [-0.25, -0.2) is 9.97 Å². The maximum absolute atomic E-state index is 13.6. The lowest BCUT2D eigenvalue weighted by atomic mass is 10.0. The van der Waals surface area contributed by atoms with Gasteiger partial charge in [-0.1, -0.05) is 6.92 Å². The number of aliphatic hydroxyl groups excluding tert-OH is 1. The van der Waals surface area contributed by atoms with E-state index in [0.29, 0.717) is 16.6 Å². The molecule has 2 aliphatic rings. The van der Waals surface area contributed by atoms with Crippen LogP contribution in [0.3, 0.4) is 0 Å². The van der Waals surface area contributed by atoms with Gasteiger partial charge in [-0.05, 0) is 64.5 Å². The number of aliphatic hydroxyl groups is 1. The third-order valence-electron chi connectivity index (χ3n) is 6.72. The Balaban J connectivity index is 1.71. The highest BCUT2D eigenvalue weighted by Gasteiger charge is 2.44. The van der Waals surface area contributed by atoms with Gasteiger partial charge in [-0.2, -0.15) is 0 Å². The molecular formula is C24H33N5O3S. The van der Waals surface area contributed by atoms with Crippen molar-refractivity contribution in [3.63, 3.8) is 0 Å². The van der Waals surface area contributed by atoms with Crippen LogP contribution in [0.2, 0.25) is 0 Å². The van der Waals surface area contributed by atoms with Crippen LogP contribution >= 0.6 is 11.3 Å². The summed E-state index contributed by atoms with van der Waals surface area (Å²) in [5, 5.41) is 15.6. The lowest BCUT2D eigenvalue weighted by Crippen LogP contribution is -2.36. The van der Waals surface area contributed by atoms with Crippen LogP contribution in [-0.4, -0.2) is 62.6 Å². The minimum absolute atomic E-state index is 0.0956. The molecule has 0 spiro atoms. The summed E-state index contributed by atoms with van der Waals surface area (Å²) in [4.78, 5) is 38.2. The van der Waals surface area contributed by atoms with Crippen LogP contribution in [0.4, 0.5) is 5.82 Å². The van der Waals surface area contributed by atoms with Gasteiger partial charge in [0.05, 0.1) is 11.5 Å². The summed E-state index contributed by atoms with van der Waals surface area (Å²) in [5.41, 5.74) is 2.10. The number of hydrogen-bond acceptors (Lipinski definition) is 7. The van der Waals surface area contributed by atoms with E-state index in [1.807, 2.05) is 17.9 Å². The Kier molecular flexibility index (Phi) is 6.99. The molecule has 2 aromatic heterocycles. The quantitative estimate of drug-likeness (QED) is 0.543. The van der Waals surface area contributed by atoms with Crippen LogP contribution in [-0.2, 0) is 0 Å². The summed E-state index contributed by atoms with van der Waals surface area (Å²) >= 11 is 1.21. The molecule has 4 heterocycles. The second-order valence-corrected chi connectivity index (χ2v) is 10.3. The first-order valence-corrected chi connectivity index (χ1v) is 12.6. The molecule has 0 aliphatic carbocycles. The maximum atomic E-state index is 13.6. The fourth-order valence-electron chi connectivity index (χ4n) is 4.67. The van der Waals surface area contributed by atoms with Gasteiger partial charge in [0.15, 0.2) is 5.01 Å². The van der Waals surface area contributed by atoms with Crippen LogP contribution < -0.4 is 10.6 Å². The minimum atomic E-state index is -0.396. The van der Waals surface area contributed by atoms with Crippen molar-refractivity contribution in [1.82, 2.24) is 20.2 Å². The molecule has 0 unspecified atom stereocenters. The van der Waals surface area contributed by atoms with Gasteiger partial charge in [0.1, 0.15) is 11.5 Å². The van der Waals surface area contributed by atoms with E-state index < -0.39 is 6.04 Å². The molecule has 2 saturated heterocycles. The van der Waals surface area contributed by atoms with Crippen molar-refractivity contribution in [1.29, 1.82) is 0 Å². The number of pyridine rings is 1. The molecule has 2 aromatic rings. The van der Waals surface area contributed by atoms with Gasteiger partial charge >= 0.3 is 0 Å². The largest absolute Gasteiger partial charge is 0.394 e. The molecule has 2 aliphatic heterocycles. The fourth-order valence-corrected chi connectivity index (χ4v) is 5.70. The molecule has 9 heteroatoms. The van der Waals surface area contributed by atoms with Crippen molar-refractivity contribution in [3.05, 3.63) is 28.5 Å². The number of nitrogens with one attached hydrogen (secondary N) is 2. The van der Waals surface area contributed by atoms with E-state index in [1.165, 1.54) is 11.3 Å². The second kappa shape index (κ2) is 9.77. The Bertz CT molecular complexity index is 1020. The monoisotopic (exact) mass is 471 g/mol. The van der Waals surface area contributed by atoms with Gasteiger partial charge < -0.3 is 20.6 Å². The predicted molar refractivity (Wildman–Crippen MR) is 130 cm³/mol. The average Bonchev–Trinajstić information content (AvgIpc) is 3.53. The number of aryl methyl sites for hydroxylation is 1. The maximum Gasteiger partial charge on any atom is 0.280 e. The highest BCUT2D eigenvalue weighted by Crippen LogP contribution is 2.41.